The molecule has 0 aliphatic carbocycles. The molecule has 2 rings (SSSR count). The molecule has 1 spiro atoms. The van der Waals surface area contributed by atoms with Crippen LogP contribution >= 0.6 is 12.4 Å². The first kappa shape index (κ1) is 12.2. The maximum Gasteiger partial charge on any atom is 0.0813 e. The number of piperidine rings is 1. The molecule has 0 radical (unpaired) electrons. The van der Waals surface area contributed by atoms with Crippen molar-refractivity contribution in [3.05, 3.63) is 0 Å². The highest BCUT2D eigenvalue weighted by Gasteiger charge is 2.37. The van der Waals surface area contributed by atoms with E-state index in [9.17, 15) is 0 Å². The van der Waals surface area contributed by atoms with E-state index in [2.05, 4.69) is 5.32 Å². The SMILES string of the molecule is Cl.OCC1CCCC2(CCNCC2)O1. The van der Waals surface area contributed by atoms with Gasteiger partial charge in [0, 0.05) is 0 Å². The lowest BCUT2D eigenvalue weighted by Gasteiger charge is -2.43. The second-order valence-electron chi connectivity index (χ2n) is 4.25. The van der Waals surface area contributed by atoms with E-state index >= 15 is 0 Å². The van der Waals surface area contributed by atoms with Crippen LogP contribution in [0.1, 0.15) is 32.1 Å². The standard InChI is InChI=1S/C10H19NO2.ClH/c12-8-9-2-1-3-10(13-9)4-6-11-7-5-10;/h9,11-12H,1-8H2;1H. The van der Waals surface area contributed by atoms with Crippen molar-refractivity contribution in [1.82, 2.24) is 5.32 Å². The van der Waals surface area contributed by atoms with E-state index in [-0.39, 0.29) is 30.7 Å². The minimum atomic E-state index is 0. The molecule has 2 saturated heterocycles. The highest BCUT2D eigenvalue weighted by Crippen LogP contribution is 2.35. The molecule has 1 atom stereocenters. The molecule has 2 heterocycles. The zero-order valence-electron chi connectivity index (χ0n) is 8.50. The average molecular weight is 222 g/mol. The van der Waals surface area contributed by atoms with Crippen LogP contribution in [0, 0.1) is 0 Å². The van der Waals surface area contributed by atoms with Crippen LogP contribution in [0.25, 0.3) is 0 Å². The normalized spacial score (nSPS) is 31.1. The van der Waals surface area contributed by atoms with E-state index < -0.39 is 0 Å². The number of nitrogens with one attached hydrogen (secondary N) is 1. The zero-order chi connectivity index (χ0) is 9.15. The van der Waals surface area contributed by atoms with Gasteiger partial charge in [-0.25, -0.2) is 0 Å². The van der Waals surface area contributed by atoms with Crippen LogP contribution in [0.15, 0.2) is 0 Å². The summed E-state index contributed by atoms with van der Waals surface area (Å²) in [6.45, 7) is 2.32. The fourth-order valence-corrected chi connectivity index (χ4v) is 2.50. The molecular weight excluding hydrogens is 202 g/mol. The fourth-order valence-electron chi connectivity index (χ4n) is 2.50. The van der Waals surface area contributed by atoms with Gasteiger partial charge in [-0.3, -0.25) is 0 Å². The van der Waals surface area contributed by atoms with E-state index in [0.29, 0.717) is 0 Å². The Bertz CT molecular complexity index is 166. The molecule has 0 bridgehead atoms. The molecule has 3 nitrogen and oxygen atoms in total. The van der Waals surface area contributed by atoms with Crippen LogP contribution in [0.2, 0.25) is 0 Å². The lowest BCUT2D eigenvalue weighted by molar-refractivity contribution is -0.153. The third-order valence-electron chi connectivity index (χ3n) is 3.29. The van der Waals surface area contributed by atoms with Crippen molar-refractivity contribution in [3.63, 3.8) is 0 Å². The van der Waals surface area contributed by atoms with Gasteiger partial charge in [-0.15, -0.1) is 12.4 Å². The summed E-state index contributed by atoms with van der Waals surface area (Å²) in [6.07, 6.45) is 5.77. The number of halogens is 1. The second-order valence-corrected chi connectivity index (χ2v) is 4.25. The molecule has 1 unspecified atom stereocenters. The largest absolute Gasteiger partial charge is 0.394 e. The van der Waals surface area contributed by atoms with Crippen molar-refractivity contribution in [1.29, 1.82) is 0 Å². The van der Waals surface area contributed by atoms with Gasteiger partial charge in [0.15, 0.2) is 0 Å². The molecule has 0 amide bonds. The van der Waals surface area contributed by atoms with Crippen molar-refractivity contribution in [2.75, 3.05) is 19.7 Å². The first-order valence-corrected chi connectivity index (χ1v) is 5.34. The zero-order valence-corrected chi connectivity index (χ0v) is 9.31. The summed E-state index contributed by atoms with van der Waals surface area (Å²) in [4.78, 5) is 0. The molecule has 2 N–H and O–H groups in total. The molecule has 84 valence electrons. The highest BCUT2D eigenvalue weighted by atomic mass is 35.5. The summed E-state index contributed by atoms with van der Waals surface area (Å²) < 4.78 is 5.97. The van der Waals surface area contributed by atoms with Crippen LogP contribution < -0.4 is 5.32 Å². The van der Waals surface area contributed by atoms with Gasteiger partial charge in [0.05, 0.1) is 18.3 Å². The maximum absolute atomic E-state index is 9.06. The lowest BCUT2D eigenvalue weighted by Crippen LogP contribution is -2.49. The quantitative estimate of drug-likeness (QED) is 0.697. The highest BCUT2D eigenvalue weighted by molar-refractivity contribution is 5.85. The number of ether oxygens (including phenoxy) is 1. The Morgan fingerprint density at radius 3 is 2.64 bits per heavy atom. The topological polar surface area (TPSA) is 41.5 Å². The monoisotopic (exact) mass is 221 g/mol. The summed E-state index contributed by atoms with van der Waals surface area (Å²) in [5, 5.41) is 12.4. The van der Waals surface area contributed by atoms with Gasteiger partial charge in [-0.1, -0.05) is 0 Å². The van der Waals surface area contributed by atoms with Crippen LogP contribution in [0.5, 0.6) is 0 Å². The Labute approximate surface area is 91.6 Å². The number of aliphatic hydroxyl groups is 1. The van der Waals surface area contributed by atoms with Gasteiger partial charge in [0.25, 0.3) is 0 Å². The Morgan fingerprint density at radius 2 is 2.00 bits per heavy atom. The summed E-state index contributed by atoms with van der Waals surface area (Å²) in [5.41, 5.74) is 0.108. The van der Waals surface area contributed by atoms with Crippen molar-refractivity contribution in [3.8, 4) is 0 Å². The van der Waals surface area contributed by atoms with Gasteiger partial charge in [0.2, 0.25) is 0 Å². The molecule has 0 aromatic rings. The van der Waals surface area contributed by atoms with Crippen molar-refractivity contribution in [2.45, 2.75) is 43.8 Å². The maximum atomic E-state index is 9.06. The first-order valence-electron chi connectivity index (χ1n) is 5.34. The Morgan fingerprint density at radius 1 is 1.29 bits per heavy atom. The van der Waals surface area contributed by atoms with Crippen molar-refractivity contribution >= 4 is 12.4 Å². The Kier molecular flexibility index (Phi) is 4.64. The van der Waals surface area contributed by atoms with Gasteiger partial charge >= 0.3 is 0 Å². The third-order valence-corrected chi connectivity index (χ3v) is 3.29. The van der Waals surface area contributed by atoms with Crippen LogP contribution in [-0.4, -0.2) is 36.5 Å². The molecule has 2 fully saturated rings. The third kappa shape index (κ3) is 2.60. The molecular formula is C10H20ClNO2. The van der Waals surface area contributed by atoms with Gasteiger partial charge in [0.1, 0.15) is 0 Å². The van der Waals surface area contributed by atoms with Crippen molar-refractivity contribution in [2.24, 2.45) is 0 Å². The van der Waals surface area contributed by atoms with Crippen LogP contribution in [-0.2, 0) is 4.74 Å². The lowest BCUT2D eigenvalue weighted by atomic mass is 9.84. The first-order chi connectivity index (χ1) is 6.35. The van der Waals surface area contributed by atoms with E-state index in [1.165, 1.54) is 12.8 Å². The number of aliphatic hydroxyl groups excluding tert-OH is 1. The van der Waals surface area contributed by atoms with Crippen molar-refractivity contribution < 1.29 is 9.84 Å². The molecule has 14 heavy (non-hydrogen) atoms. The Balaban J connectivity index is 0.000000980. The van der Waals surface area contributed by atoms with E-state index in [1.54, 1.807) is 0 Å². The predicted molar refractivity (Wildman–Crippen MR) is 57.9 cm³/mol. The summed E-state index contributed by atoms with van der Waals surface area (Å²) in [5.74, 6) is 0. The molecule has 2 aliphatic heterocycles. The minimum absolute atomic E-state index is 0. The molecule has 4 heteroatoms. The second kappa shape index (κ2) is 5.31. The summed E-state index contributed by atoms with van der Waals surface area (Å²) >= 11 is 0. The number of hydrogen-bond acceptors (Lipinski definition) is 3. The van der Waals surface area contributed by atoms with Gasteiger partial charge < -0.3 is 15.2 Å². The smallest absolute Gasteiger partial charge is 0.0813 e. The summed E-state index contributed by atoms with van der Waals surface area (Å²) in [7, 11) is 0. The Hall–Kier alpha value is 0.170. The van der Waals surface area contributed by atoms with E-state index in [1.807, 2.05) is 0 Å². The van der Waals surface area contributed by atoms with E-state index in [0.717, 1.165) is 32.4 Å². The fraction of sp³-hybridized carbons (Fsp3) is 1.00. The number of hydrogen-bond donors (Lipinski definition) is 2. The molecule has 0 saturated carbocycles. The van der Waals surface area contributed by atoms with E-state index in [4.69, 9.17) is 9.84 Å². The number of rotatable bonds is 1. The van der Waals surface area contributed by atoms with Gasteiger partial charge in [-0.2, -0.15) is 0 Å². The van der Waals surface area contributed by atoms with Crippen LogP contribution in [0.3, 0.4) is 0 Å². The molecule has 0 aromatic heterocycles. The minimum Gasteiger partial charge on any atom is -0.394 e. The predicted octanol–water partition coefficient (Wildman–Crippen LogP) is 1.09. The van der Waals surface area contributed by atoms with Gasteiger partial charge in [-0.05, 0) is 45.2 Å². The molecule has 2 aliphatic rings. The summed E-state index contributed by atoms with van der Waals surface area (Å²) in [6, 6.07) is 0. The average Bonchev–Trinajstić information content (AvgIpc) is 2.19. The molecule has 0 aromatic carbocycles. The van der Waals surface area contributed by atoms with Crippen LogP contribution in [0.4, 0.5) is 0 Å².